The molecule has 0 saturated heterocycles. The first kappa shape index (κ1) is 13.4. The second kappa shape index (κ2) is 8.99. The van der Waals surface area contributed by atoms with Crippen LogP contribution in [0.25, 0.3) is 0 Å². The van der Waals surface area contributed by atoms with E-state index in [-0.39, 0.29) is 0 Å². The predicted molar refractivity (Wildman–Crippen MR) is 55.9 cm³/mol. The molecule has 0 bridgehead atoms. The van der Waals surface area contributed by atoms with E-state index in [1.165, 1.54) is 31.4 Å². The number of esters is 2. The molecule has 4 nitrogen and oxygen atoms in total. The van der Waals surface area contributed by atoms with Crippen molar-refractivity contribution in [3.05, 3.63) is 24.5 Å². The Hall–Kier alpha value is -1.58. The monoisotopic (exact) mass is 212 g/mol. The molecule has 0 aliphatic rings. The van der Waals surface area contributed by atoms with E-state index in [1.807, 2.05) is 6.92 Å². The van der Waals surface area contributed by atoms with E-state index in [0.717, 1.165) is 12.8 Å². The fourth-order valence-electron chi connectivity index (χ4n) is 0.680. The number of unbranched alkanes of at least 4 members (excludes halogenated alkanes) is 1. The summed E-state index contributed by atoms with van der Waals surface area (Å²) in [6, 6.07) is 0. The third-order valence-electron chi connectivity index (χ3n) is 1.40. The number of rotatable bonds is 6. The molecule has 0 spiro atoms. The molecule has 84 valence electrons. The first-order valence-corrected chi connectivity index (χ1v) is 4.84. The number of hydrogen-bond donors (Lipinski definition) is 0. The maximum atomic E-state index is 11.0. The molecule has 0 atom stereocenters. The van der Waals surface area contributed by atoms with Gasteiger partial charge in [0.15, 0.2) is 0 Å². The van der Waals surface area contributed by atoms with Gasteiger partial charge < -0.3 is 9.47 Å². The quantitative estimate of drug-likeness (QED) is 0.222. The van der Waals surface area contributed by atoms with Crippen LogP contribution in [0.4, 0.5) is 0 Å². The summed E-state index contributed by atoms with van der Waals surface area (Å²) in [5, 5.41) is 0. The summed E-state index contributed by atoms with van der Waals surface area (Å²) in [5.41, 5.74) is 0. The molecular weight excluding hydrogens is 196 g/mol. The van der Waals surface area contributed by atoms with Crippen molar-refractivity contribution in [2.45, 2.75) is 26.7 Å². The van der Waals surface area contributed by atoms with Gasteiger partial charge in [0.05, 0.1) is 12.9 Å². The lowest BCUT2D eigenvalue weighted by molar-refractivity contribution is -0.138. The lowest BCUT2D eigenvalue weighted by Crippen LogP contribution is -2.01. The Morgan fingerprint density at radius 2 is 2.00 bits per heavy atom. The van der Waals surface area contributed by atoms with Gasteiger partial charge in [0.2, 0.25) is 0 Å². The van der Waals surface area contributed by atoms with Gasteiger partial charge in [-0.25, -0.2) is 4.79 Å². The molecule has 0 heterocycles. The van der Waals surface area contributed by atoms with Crippen molar-refractivity contribution >= 4 is 11.9 Å². The zero-order valence-electron chi connectivity index (χ0n) is 9.06. The van der Waals surface area contributed by atoms with Crippen LogP contribution in [0.2, 0.25) is 0 Å². The highest BCUT2D eigenvalue weighted by Crippen LogP contribution is 1.90. The zero-order chi connectivity index (χ0) is 11.5. The second-order valence-electron chi connectivity index (χ2n) is 2.82. The van der Waals surface area contributed by atoms with Gasteiger partial charge in [-0.3, -0.25) is 4.79 Å². The Labute approximate surface area is 89.6 Å². The minimum Gasteiger partial charge on any atom is -0.463 e. The standard InChI is InChI=1S/C11H16O4/c1-3-4-8-15-11(13)7-5-6-9-14-10(2)12/h5-7,9H,3-4,8H2,1-2H3/b7-5+,9-6-. The van der Waals surface area contributed by atoms with Crippen LogP contribution in [0, 0.1) is 0 Å². The molecule has 0 aromatic rings. The topological polar surface area (TPSA) is 52.6 Å². The molecule has 0 aromatic heterocycles. The minimum absolute atomic E-state index is 0.393. The number of hydrogen-bond acceptors (Lipinski definition) is 4. The Balaban J connectivity index is 3.62. The normalized spacial score (nSPS) is 10.8. The summed E-state index contributed by atoms with van der Waals surface area (Å²) >= 11 is 0. The summed E-state index contributed by atoms with van der Waals surface area (Å²) in [7, 11) is 0. The van der Waals surface area contributed by atoms with E-state index >= 15 is 0 Å². The fourth-order valence-corrected chi connectivity index (χ4v) is 0.680. The van der Waals surface area contributed by atoms with Crippen LogP contribution in [0.15, 0.2) is 24.5 Å². The average molecular weight is 212 g/mol. The second-order valence-corrected chi connectivity index (χ2v) is 2.82. The summed E-state index contributed by atoms with van der Waals surface area (Å²) in [6.45, 7) is 3.76. The van der Waals surface area contributed by atoms with Crippen molar-refractivity contribution in [2.24, 2.45) is 0 Å². The van der Waals surface area contributed by atoms with Crippen LogP contribution in [-0.2, 0) is 19.1 Å². The van der Waals surface area contributed by atoms with Crippen LogP contribution in [0.1, 0.15) is 26.7 Å². The molecule has 0 rings (SSSR count). The summed E-state index contributed by atoms with van der Waals surface area (Å²) in [5.74, 6) is -0.791. The van der Waals surface area contributed by atoms with Gasteiger partial charge >= 0.3 is 11.9 Å². The number of ether oxygens (including phenoxy) is 2. The lowest BCUT2D eigenvalue weighted by atomic mass is 10.4. The SMILES string of the molecule is CCCCOC(=O)/C=C/C=C\OC(C)=O. The zero-order valence-corrected chi connectivity index (χ0v) is 9.06. The Kier molecular flexibility index (Phi) is 8.05. The van der Waals surface area contributed by atoms with Gasteiger partial charge in [0, 0.05) is 13.0 Å². The fraction of sp³-hybridized carbons (Fsp3) is 0.455. The summed E-state index contributed by atoms with van der Waals surface area (Å²) in [6.07, 6.45) is 7.24. The maximum Gasteiger partial charge on any atom is 0.330 e. The van der Waals surface area contributed by atoms with Crippen molar-refractivity contribution in [3.63, 3.8) is 0 Å². The molecular formula is C11H16O4. The van der Waals surface area contributed by atoms with Crippen LogP contribution in [-0.4, -0.2) is 18.5 Å². The van der Waals surface area contributed by atoms with E-state index in [0.29, 0.717) is 6.61 Å². The van der Waals surface area contributed by atoms with E-state index in [9.17, 15) is 9.59 Å². The third-order valence-corrected chi connectivity index (χ3v) is 1.40. The van der Waals surface area contributed by atoms with Gasteiger partial charge in [0.1, 0.15) is 0 Å². The molecule has 0 N–H and O–H groups in total. The van der Waals surface area contributed by atoms with Gasteiger partial charge in [-0.05, 0) is 12.5 Å². The van der Waals surface area contributed by atoms with Crippen molar-refractivity contribution < 1.29 is 19.1 Å². The molecule has 0 saturated carbocycles. The molecule has 15 heavy (non-hydrogen) atoms. The maximum absolute atomic E-state index is 11.0. The van der Waals surface area contributed by atoms with E-state index < -0.39 is 11.9 Å². The largest absolute Gasteiger partial charge is 0.463 e. The lowest BCUT2D eigenvalue weighted by Gasteiger charge is -1.97. The Morgan fingerprint density at radius 3 is 2.60 bits per heavy atom. The molecule has 0 aliphatic carbocycles. The third kappa shape index (κ3) is 10.3. The number of carbonyl (C=O) groups excluding carboxylic acids is 2. The van der Waals surface area contributed by atoms with Crippen molar-refractivity contribution in [3.8, 4) is 0 Å². The highest BCUT2D eigenvalue weighted by Gasteiger charge is 1.93. The molecule has 0 amide bonds. The molecule has 0 unspecified atom stereocenters. The molecule has 4 heteroatoms. The first-order valence-electron chi connectivity index (χ1n) is 4.84. The molecule has 0 aliphatic heterocycles. The van der Waals surface area contributed by atoms with Crippen LogP contribution in [0.5, 0.6) is 0 Å². The molecule has 0 radical (unpaired) electrons. The van der Waals surface area contributed by atoms with Gasteiger partial charge in [-0.2, -0.15) is 0 Å². The van der Waals surface area contributed by atoms with Crippen LogP contribution >= 0.6 is 0 Å². The highest BCUT2D eigenvalue weighted by molar-refractivity contribution is 5.82. The van der Waals surface area contributed by atoms with Gasteiger partial charge in [0.25, 0.3) is 0 Å². The van der Waals surface area contributed by atoms with Crippen molar-refractivity contribution in [1.82, 2.24) is 0 Å². The van der Waals surface area contributed by atoms with E-state index in [1.54, 1.807) is 0 Å². The minimum atomic E-state index is -0.398. The smallest absolute Gasteiger partial charge is 0.330 e. The molecule has 0 aromatic carbocycles. The summed E-state index contributed by atoms with van der Waals surface area (Å²) < 4.78 is 9.34. The van der Waals surface area contributed by atoms with E-state index in [2.05, 4.69) is 4.74 Å². The molecule has 0 fully saturated rings. The van der Waals surface area contributed by atoms with Crippen molar-refractivity contribution in [1.29, 1.82) is 0 Å². The summed E-state index contributed by atoms with van der Waals surface area (Å²) in [4.78, 5) is 21.3. The Morgan fingerprint density at radius 1 is 1.27 bits per heavy atom. The number of allylic oxidation sites excluding steroid dienone is 2. The van der Waals surface area contributed by atoms with Crippen LogP contribution in [0.3, 0.4) is 0 Å². The average Bonchev–Trinajstić information content (AvgIpc) is 2.17. The van der Waals surface area contributed by atoms with Gasteiger partial charge in [-0.15, -0.1) is 0 Å². The highest BCUT2D eigenvalue weighted by atomic mass is 16.5. The predicted octanol–water partition coefficient (Wildman–Crippen LogP) is 1.96. The van der Waals surface area contributed by atoms with Crippen molar-refractivity contribution in [2.75, 3.05) is 6.61 Å². The number of carbonyl (C=O) groups is 2. The van der Waals surface area contributed by atoms with Crippen LogP contribution < -0.4 is 0 Å². The Bertz CT molecular complexity index is 253. The first-order chi connectivity index (χ1) is 7.16. The van der Waals surface area contributed by atoms with E-state index in [4.69, 9.17) is 4.74 Å². The van der Waals surface area contributed by atoms with Gasteiger partial charge in [-0.1, -0.05) is 19.4 Å².